The first kappa shape index (κ1) is 12.0. The van der Waals surface area contributed by atoms with Crippen molar-refractivity contribution in [2.45, 2.75) is 6.54 Å². The second kappa shape index (κ2) is 5.26. The van der Waals surface area contributed by atoms with Crippen molar-refractivity contribution < 1.29 is 0 Å². The van der Waals surface area contributed by atoms with Crippen LogP contribution in [0.25, 0.3) is 0 Å². The smallest absolute Gasteiger partial charge is 0.0329 e. The molecular weight excluding hydrogens is 222 g/mol. The lowest BCUT2D eigenvalue weighted by Crippen LogP contribution is -1.98. The molecule has 3 nitrogen and oxygen atoms in total. The molecule has 0 aliphatic carbocycles. The number of rotatable bonds is 1. The fourth-order valence-corrected chi connectivity index (χ4v) is 1.67. The molecule has 2 aromatic rings. The van der Waals surface area contributed by atoms with Crippen LogP contribution in [0.3, 0.4) is 0 Å². The normalized spacial score (nSPS) is 9.61. The van der Waals surface area contributed by atoms with E-state index in [2.05, 4.69) is 11.8 Å². The van der Waals surface area contributed by atoms with Crippen LogP contribution in [0.5, 0.6) is 0 Å². The summed E-state index contributed by atoms with van der Waals surface area (Å²) in [6, 6.07) is 13.1. The third kappa shape index (κ3) is 3.03. The minimum Gasteiger partial charge on any atom is -0.399 e. The number of hydrogen-bond donors (Lipinski definition) is 3. The molecule has 0 amide bonds. The summed E-state index contributed by atoms with van der Waals surface area (Å²) in [5.41, 5.74) is 21.2. The van der Waals surface area contributed by atoms with E-state index in [1.807, 2.05) is 42.5 Å². The Balaban J connectivity index is 2.32. The van der Waals surface area contributed by atoms with E-state index >= 15 is 0 Å². The van der Waals surface area contributed by atoms with Crippen LogP contribution in [0.2, 0.25) is 0 Å². The largest absolute Gasteiger partial charge is 0.399 e. The summed E-state index contributed by atoms with van der Waals surface area (Å²) < 4.78 is 0. The zero-order valence-corrected chi connectivity index (χ0v) is 9.98. The van der Waals surface area contributed by atoms with Gasteiger partial charge in [0.05, 0.1) is 0 Å². The van der Waals surface area contributed by atoms with Crippen molar-refractivity contribution in [1.29, 1.82) is 0 Å². The maximum Gasteiger partial charge on any atom is 0.0329 e. The Morgan fingerprint density at radius 2 is 1.56 bits per heavy atom. The Bertz CT molecular complexity index is 621. The van der Waals surface area contributed by atoms with Gasteiger partial charge in [-0.15, -0.1) is 0 Å². The van der Waals surface area contributed by atoms with Crippen LogP contribution < -0.4 is 17.2 Å². The van der Waals surface area contributed by atoms with Gasteiger partial charge in [-0.05, 0) is 42.0 Å². The van der Waals surface area contributed by atoms with Crippen molar-refractivity contribution >= 4 is 11.4 Å². The molecule has 6 N–H and O–H groups in total. The molecule has 0 spiro atoms. The van der Waals surface area contributed by atoms with Gasteiger partial charge in [-0.25, -0.2) is 0 Å². The maximum absolute atomic E-state index is 5.78. The number of nitrogens with two attached hydrogens (primary N) is 3. The quantitative estimate of drug-likeness (QED) is 0.522. The predicted molar refractivity (Wildman–Crippen MR) is 75.6 cm³/mol. The third-order valence-corrected chi connectivity index (χ3v) is 2.49. The minimum absolute atomic E-state index is 0.456. The first-order valence-corrected chi connectivity index (χ1v) is 5.64. The number of hydrogen-bond acceptors (Lipinski definition) is 3. The fourth-order valence-electron chi connectivity index (χ4n) is 1.67. The topological polar surface area (TPSA) is 78.1 Å². The molecule has 0 aliphatic heterocycles. The molecule has 2 rings (SSSR count). The lowest BCUT2D eigenvalue weighted by molar-refractivity contribution is 1.07. The molecule has 0 aromatic heterocycles. The predicted octanol–water partition coefficient (Wildman–Crippen LogP) is 1.71. The monoisotopic (exact) mass is 237 g/mol. The molecular formula is C15H15N3. The van der Waals surface area contributed by atoms with E-state index in [0.717, 1.165) is 16.7 Å². The molecule has 3 heteroatoms. The summed E-state index contributed by atoms with van der Waals surface area (Å²) >= 11 is 0. The van der Waals surface area contributed by atoms with Crippen LogP contribution >= 0.6 is 0 Å². The molecule has 0 heterocycles. The molecule has 0 radical (unpaired) electrons. The number of anilines is 2. The fraction of sp³-hybridized carbons (Fsp3) is 0.0667. The summed E-state index contributed by atoms with van der Waals surface area (Å²) in [5, 5.41) is 0. The molecule has 0 saturated heterocycles. The summed E-state index contributed by atoms with van der Waals surface area (Å²) in [6.07, 6.45) is 0. The molecule has 0 saturated carbocycles. The van der Waals surface area contributed by atoms with Gasteiger partial charge >= 0.3 is 0 Å². The van der Waals surface area contributed by atoms with Crippen molar-refractivity contribution in [2.24, 2.45) is 5.73 Å². The van der Waals surface area contributed by atoms with Crippen LogP contribution in [-0.4, -0.2) is 0 Å². The van der Waals surface area contributed by atoms with E-state index < -0.39 is 0 Å². The van der Waals surface area contributed by atoms with E-state index in [1.165, 1.54) is 0 Å². The number of nitrogen functional groups attached to an aromatic ring is 2. The highest BCUT2D eigenvalue weighted by Gasteiger charge is 1.95. The van der Waals surface area contributed by atoms with E-state index in [4.69, 9.17) is 17.2 Å². The summed E-state index contributed by atoms with van der Waals surface area (Å²) in [7, 11) is 0. The summed E-state index contributed by atoms with van der Waals surface area (Å²) in [5.74, 6) is 6.12. The van der Waals surface area contributed by atoms with Crippen molar-refractivity contribution in [3.05, 3.63) is 59.2 Å². The van der Waals surface area contributed by atoms with Crippen LogP contribution in [-0.2, 0) is 6.54 Å². The Kier molecular flexibility index (Phi) is 3.52. The molecule has 0 aliphatic rings. The SMILES string of the molecule is NCc1cc(N)cc(C#Cc2cccc(N)c2)c1. The second-order valence-electron chi connectivity index (χ2n) is 4.04. The van der Waals surface area contributed by atoms with Gasteiger partial charge < -0.3 is 17.2 Å². The van der Waals surface area contributed by atoms with Gasteiger partial charge in [-0.3, -0.25) is 0 Å². The lowest BCUT2D eigenvalue weighted by Gasteiger charge is -2.00. The zero-order chi connectivity index (χ0) is 13.0. The first-order chi connectivity index (χ1) is 8.67. The van der Waals surface area contributed by atoms with Gasteiger partial charge in [0.15, 0.2) is 0 Å². The van der Waals surface area contributed by atoms with Crippen LogP contribution in [0.1, 0.15) is 16.7 Å². The van der Waals surface area contributed by atoms with E-state index in [9.17, 15) is 0 Å². The number of benzene rings is 2. The van der Waals surface area contributed by atoms with Gasteiger partial charge in [0.1, 0.15) is 0 Å². The molecule has 18 heavy (non-hydrogen) atoms. The molecule has 0 fully saturated rings. The van der Waals surface area contributed by atoms with Crippen LogP contribution in [0, 0.1) is 11.8 Å². The Labute approximate surface area is 107 Å². The Morgan fingerprint density at radius 1 is 0.833 bits per heavy atom. The van der Waals surface area contributed by atoms with Crippen LogP contribution in [0.15, 0.2) is 42.5 Å². The van der Waals surface area contributed by atoms with Crippen molar-refractivity contribution in [1.82, 2.24) is 0 Å². The average Bonchev–Trinajstić information content (AvgIpc) is 2.36. The Morgan fingerprint density at radius 3 is 2.28 bits per heavy atom. The average molecular weight is 237 g/mol. The molecule has 2 aromatic carbocycles. The molecule has 0 unspecified atom stereocenters. The highest BCUT2D eigenvalue weighted by atomic mass is 14.6. The highest BCUT2D eigenvalue weighted by Crippen LogP contribution is 2.11. The molecule has 0 atom stereocenters. The molecule has 0 bridgehead atoms. The van der Waals surface area contributed by atoms with Crippen LogP contribution in [0.4, 0.5) is 11.4 Å². The van der Waals surface area contributed by atoms with E-state index in [0.29, 0.717) is 17.9 Å². The van der Waals surface area contributed by atoms with Gasteiger partial charge in [0, 0.05) is 29.0 Å². The lowest BCUT2D eigenvalue weighted by atomic mass is 10.1. The molecule has 90 valence electrons. The first-order valence-electron chi connectivity index (χ1n) is 5.64. The highest BCUT2D eigenvalue weighted by molar-refractivity contribution is 5.53. The maximum atomic E-state index is 5.78. The van der Waals surface area contributed by atoms with Crippen molar-refractivity contribution in [2.75, 3.05) is 11.5 Å². The van der Waals surface area contributed by atoms with E-state index in [-0.39, 0.29) is 0 Å². The van der Waals surface area contributed by atoms with Crippen molar-refractivity contribution in [3.8, 4) is 11.8 Å². The standard InChI is InChI=1S/C15H15N3/c16-10-13-6-12(8-15(18)9-13)5-4-11-2-1-3-14(17)7-11/h1-3,6-9H,10,16-18H2. The summed E-state index contributed by atoms with van der Waals surface area (Å²) in [4.78, 5) is 0. The Hall–Kier alpha value is -2.44. The van der Waals surface area contributed by atoms with Gasteiger partial charge in [-0.1, -0.05) is 17.9 Å². The minimum atomic E-state index is 0.456. The van der Waals surface area contributed by atoms with Gasteiger partial charge in [0.25, 0.3) is 0 Å². The summed E-state index contributed by atoms with van der Waals surface area (Å²) in [6.45, 7) is 0.456. The van der Waals surface area contributed by atoms with E-state index in [1.54, 1.807) is 0 Å². The van der Waals surface area contributed by atoms with Crippen molar-refractivity contribution in [3.63, 3.8) is 0 Å². The second-order valence-corrected chi connectivity index (χ2v) is 4.04. The van der Waals surface area contributed by atoms with Gasteiger partial charge in [0.2, 0.25) is 0 Å². The van der Waals surface area contributed by atoms with Gasteiger partial charge in [-0.2, -0.15) is 0 Å². The zero-order valence-electron chi connectivity index (χ0n) is 9.98. The third-order valence-electron chi connectivity index (χ3n) is 2.49.